The summed E-state index contributed by atoms with van der Waals surface area (Å²) in [5, 5.41) is 8.68. The molecule has 1 fully saturated rings. The van der Waals surface area contributed by atoms with Gasteiger partial charge in [0.15, 0.2) is 0 Å². The van der Waals surface area contributed by atoms with Crippen molar-refractivity contribution in [3.63, 3.8) is 0 Å². The van der Waals surface area contributed by atoms with Gasteiger partial charge in [0, 0.05) is 32.8 Å². The van der Waals surface area contributed by atoms with Crippen molar-refractivity contribution in [3.8, 4) is 0 Å². The minimum absolute atomic E-state index is 0.180. The molecule has 0 bridgehead atoms. The van der Waals surface area contributed by atoms with Crippen molar-refractivity contribution in [1.29, 1.82) is 0 Å². The second kappa shape index (κ2) is 9.16. The van der Waals surface area contributed by atoms with E-state index in [0.29, 0.717) is 13.2 Å². The van der Waals surface area contributed by atoms with Crippen LogP contribution in [-0.2, 0) is 4.74 Å². The van der Waals surface area contributed by atoms with E-state index >= 15 is 0 Å². The standard InChI is InChI=1S/C13H26N2O3/c1-2-18-13(17)15-10-8-14(9-11-15)7-5-3-4-6-12-16/h16H,2-12H2,1H3. The normalized spacial score (nSPS) is 16.9. The molecule has 0 atom stereocenters. The average molecular weight is 258 g/mol. The van der Waals surface area contributed by atoms with Gasteiger partial charge in [0.25, 0.3) is 0 Å². The highest BCUT2D eigenvalue weighted by Crippen LogP contribution is 2.06. The Hall–Kier alpha value is -0.810. The maximum absolute atomic E-state index is 11.5. The number of aliphatic hydroxyl groups excluding tert-OH is 1. The van der Waals surface area contributed by atoms with Gasteiger partial charge in [-0.25, -0.2) is 4.79 Å². The van der Waals surface area contributed by atoms with E-state index in [2.05, 4.69) is 4.90 Å². The second-order valence-electron chi connectivity index (χ2n) is 4.67. The molecule has 1 amide bonds. The van der Waals surface area contributed by atoms with Crippen LogP contribution in [0.1, 0.15) is 32.6 Å². The van der Waals surface area contributed by atoms with Crippen LogP contribution >= 0.6 is 0 Å². The highest BCUT2D eigenvalue weighted by Gasteiger charge is 2.21. The molecule has 0 saturated carbocycles. The molecule has 5 heteroatoms. The van der Waals surface area contributed by atoms with Gasteiger partial charge in [-0.05, 0) is 26.3 Å². The molecule has 0 radical (unpaired) electrons. The van der Waals surface area contributed by atoms with Gasteiger partial charge in [0.1, 0.15) is 0 Å². The first-order chi connectivity index (χ1) is 8.77. The minimum Gasteiger partial charge on any atom is -0.450 e. The van der Waals surface area contributed by atoms with Crippen LogP contribution in [0.25, 0.3) is 0 Å². The van der Waals surface area contributed by atoms with Crippen molar-refractivity contribution in [3.05, 3.63) is 0 Å². The molecule has 0 aromatic carbocycles. The zero-order chi connectivity index (χ0) is 13.2. The summed E-state index contributed by atoms with van der Waals surface area (Å²) < 4.78 is 4.99. The molecule has 0 aromatic heterocycles. The van der Waals surface area contributed by atoms with Crippen LogP contribution in [0.5, 0.6) is 0 Å². The maximum atomic E-state index is 11.5. The summed E-state index contributed by atoms with van der Waals surface area (Å²) in [7, 11) is 0. The molecule has 18 heavy (non-hydrogen) atoms. The van der Waals surface area contributed by atoms with Crippen LogP contribution in [0.4, 0.5) is 4.79 Å². The van der Waals surface area contributed by atoms with Gasteiger partial charge in [-0.3, -0.25) is 4.90 Å². The van der Waals surface area contributed by atoms with Crippen LogP contribution in [0.15, 0.2) is 0 Å². The smallest absolute Gasteiger partial charge is 0.409 e. The van der Waals surface area contributed by atoms with Gasteiger partial charge >= 0.3 is 6.09 Å². The number of carbonyl (C=O) groups excluding carboxylic acids is 1. The third-order valence-electron chi connectivity index (χ3n) is 3.28. The zero-order valence-corrected chi connectivity index (χ0v) is 11.4. The van der Waals surface area contributed by atoms with Gasteiger partial charge in [-0.2, -0.15) is 0 Å². The lowest BCUT2D eigenvalue weighted by atomic mass is 10.2. The number of nitrogens with zero attached hydrogens (tertiary/aromatic N) is 2. The molecule has 1 aliphatic heterocycles. The fourth-order valence-corrected chi connectivity index (χ4v) is 2.17. The first-order valence-corrected chi connectivity index (χ1v) is 7.03. The van der Waals surface area contributed by atoms with Crippen LogP contribution in [0.2, 0.25) is 0 Å². The van der Waals surface area contributed by atoms with Gasteiger partial charge in [0.2, 0.25) is 0 Å². The summed E-state index contributed by atoms with van der Waals surface area (Å²) in [5.74, 6) is 0. The lowest BCUT2D eigenvalue weighted by molar-refractivity contribution is 0.0792. The van der Waals surface area contributed by atoms with Crippen molar-refractivity contribution in [2.45, 2.75) is 32.6 Å². The lowest BCUT2D eigenvalue weighted by Gasteiger charge is -2.33. The molecule has 5 nitrogen and oxygen atoms in total. The molecule has 1 N–H and O–H groups in total. The Labute approximate surface area is 110 Å². The summed E-state index contributed by atoms with van der Waals surface area (Å²) in [4.78, 5) is 15.7. The van der Waals surface area contributed by atoms with Gasteiger partial charge in [-0.15, -0.1) is 0 Å². The molecular weight excluding hydrogens is 232 g/mol. The maximum Gasteiger partial charge on any atom is 0.409 e. The van der Waals surface area contributed by atoms with Crippen LogP contribution in [-0.4, -0.2) is 66.9 Å². The number of aliphatic hydroxyl groups is 1. The van der Waals surface area contributed by atoms with E-state index in [1.807, 2.05) is 6.92 Å². The van der Waals surface area contributed by atoms with Gasteiger partial charge in [0.05, 0.1) is 6.61 Å². The van der Waals surface area contributed by atoms with Crippen LogP contribution < -0.4 is 0 Å². The molecule has 106 valence electrons. The van der Waals surface area contributed by atoms with Crippen molar-refractivity contribution in [1.82, 2.24) is 9.80 Å². The van der Waals surface area contributed by atoms with E-state index in [0.717, 1.165) is 45.6 Å². The zero-order valence-electron chi connectivity index (χ0n) is 11.4. The molecule has 1 heterocycles. The molecule has 0 spiro atoms. The third-order valence-corrected chi connectivity index (χ3v) is 3.28. The van der Waals surface area contributed by atoms with E-state index in [-0.39, 0.29) is 6.09 Å². The number of hydrogen-bond donors (Lipinski definition) is 1. The van der Waals surface area contributed by atoms with Crippen LogP contribution in [0, 0.1) is 0 Å². The molecule has 1 rings (SSSR count). The fourth-order valence-electron chi connectivity index (χ4n) is 2.17. The number of rotatable bonds is 7. The predicted molar refractivity (Wildman–Crippen MR) is 70.6 cm³/mol. The SMILES string of the molecule is CCOC(=O)N1CCN(CCCCCCO)CC1. The Kier molecular flexibility index (Phi) is 7.76. The summed E-state index contributed by atoms with van der Waals surface area (Å²) in [6, 6.07) is 0. The van der Waals surface area contributed by atoms with E-state index < -0.39 is 0 Å². The van der Waals surface area contributed by atoms with E-state index in [9.17, 15) is 4.79 Å². The minimum atomic E-state index is -0.180. The fraction of sp³-hybridized carbons (Fsp3) is 0.923. The van der Waals surface area contributed by atoms with Crippen molar-refractivity contribution >= 4 is 6.09 Å². The number of hydrogen-bond acceptors (Lipinski definition) is 4. The lowest BCUT2D eigenvalue weighted by Crippen LogP contribution is -2.49. The van der Waals surface area contributed by atoms with Gasteiger partial charge < -0.3 is 14.7 Å². The highest BCUT2D eigenvalue weighted by atomic mass is 16.6. The van der Waals surface area contributed by atoms with Crippen LogP contribution in [0.3, 0.4) is 0 Å². The Balaban J connectivity index is 2.06. The van der Waals surface area contributed by atoms with E-state index in [1.54, 1.807) is 4.90 Å². The molecule has 0 unspecified atom stereocenters. The monoisotopic (exact) mass is 258 g/mol. The third kappa shape index (κ3) is 5.69. The quantitative estimate of drug-likeness (QED) is 0.700. The number of ether oxygens (including phenoxy) is 1. The first kappa shape index (κ1) is 15.2. The van der Waals surface area contributed by atoms with Crippen molar-refractivity contribution < 1.29 is 14.6 Å². The summed E-state index contributed by atoms with van der Waals surface area (Å²) >= 11 is 0. The predicted octanol–water partition coefficient (Wildman–Crippen LogP) is 1.31. The molecule has 1 saturated heterocycles. The van der Waals surface area contributed by atoms with E-state index in [1.165, 1.54) is 12.8 Å². The van der Waals surface area contributed by atoms with Gasteiger partial charge in [-0.1, -0.05) is 12.8 Å². The Morgan fingerprint density at radius 2 is 1.78 bits per heavy atom. The number of amides is 1. The van der Waals surface area contributed by atoms with Crippen molar-refractivity contribution in [2.24, 2.45) is 0 Å². The highest BCUT2D eigenvalue weighted by molar-refractivity contribution is 5.67. The molecule has 0 aromatic rings. The number of piperazine rings is 1. The van der Waals surface area contributed by atoms with Crippen molar-refractivity contribution in [2.75, 3.05) is 45.9 Å². The topological polar surface area (TPSA) is 53.0 Å². The Morgan fingerprint density at radius 3 is 2.39 bits per heavy atom. The number of unbranched alkanes of at least 4 members (excludes halogenated alkanes) is 3. The number of carbonyl (C=O) groups is 1. The Morgan fingerprint density at radius 1 is 1.11 bits per heavy atom. The summed E-state index contributed by atoms with van der Waals surface area (Å²) in [5.41, 5.74) is 0. The van der Waals surface area contributed by atoms with E-state index in [4.69, 9.17) is 9.84 Å². The molecule has 0 aliphatic carbocycles. The summed E-state index contributed by atoms with van der Waals surface area (Å²) in [6.45, 7) is 7.12. The second-order valence-corrected chi connectivity index (χ2v) is 4.67. The Bertz CT molecular complexity index is 228. The molecular formula is C13H26N2O3. The molecule has 1 aliphatic rings. The largest absolute Gasteiger partial charge is 0.450 e. The summed E-state index contributed by atoms with van der Waals surface area (Å²) in [6.07, 6.45) is 4.20. The average Bonchev–Trinajstić information content (AvgIpc) is 2.39. The first-order valence-electron chi connectivity index (χ1n) is 7.03.